The van der Waals surface area contributed by atoms with Gasteiger partial charge in [-0.05, 0) is 18.6 Å². The van der Waals surface area contributed by atoms with Crippen LogP contribution in [-0.2, 0) is 0 Å². The molecule has 3 N–H and O–H groups in total. The average Bonchev–Trinajstić information content (AvgIpc) is 2.51. The summed E-state index contributed by atoms with van der Waals surface area (Å²) < 4.78 is 0. The number of rotatable bonds is 3. The predicted octanol–water partition coefficient (Wildman–Crippen LogP) is 1.43. The highest BCUT2D eigenvalue weighted by molar-refractivity contribution is 7.80. The molecule has 0 amide bonds. The summed E-state index contributed by atoms with van der Waals surface area (Å²) in [5.74, 6) is 0. The number of hydrogen-bond donors (Lipinski definition) is 2. The fraction of sp³-hybridized carbons (Fsp3) is 0.429. The van der Waals surface area contributed by atoms with Crippen LogP contribution in [0.4, 0.5) is 0 Å². The molecule has 1 unspecified atom stereocenters. The van der Waals surface area contributed by atoms with E-state index < -0.39 is 0 Å². The quantitative estimate of drug-likeness (QED) is 0.726. The minimum atomic E-state index is 0.169. The maximum absolute atomic E-state index is 5.37. The van der Waals surface area contributed by atoms with Gasteiger partial charge in [0.05, 0.1) is 6.04 Å². The van der Waals surface area contributed by atoms with Crippen LogP contribution in [-0.4, -0.2) is 10.1 Å². The van der Waals surface area contributed by atoms with Crippen molar-refractivity contribution in [2.75, 3.05) is 0 Å². The van der Waals surface area contributed by atoms with Crippen molar-refractivity contribution in [1.82, 2.24) is 10.3 Å². The third kappa shape index (κ3) is 2.42. The molecule has 3 nitrogen and oxygen atoms in total. The van der Waals surface area contributed by atoms with Crippen molar-refractivity contribution in [3.05, 3.63) is 16.6 Å². The Kier molecular flexibility index (Phi) is 3.43. The summed E-state index contributed by atoms with van der Waals surface area (Å²) in [5, 5.41) is 6.30. The third-order valence-corrected chi connectivity index (χ3v) is 2.48. The molecule has 1 aromatic heterocycles. The zero-order valence-electron chi connectivity index (χ0n) is 6.78. The van der Waals surface area contributed by atoms with E-state index in [0.29, 0.717) is 5.11 Å². The fourth-order valence-electron chi connectivity index (χ4n) is 0.917. The van der Waals surface area contributed by atoms with Gasteiger partial charge in [-0.3, -0.25) is 0 Å². The number of thiazole rings is 1. The minimum absolute atomic E-state index is 0.169. The summed E-state index contributed by atoms with van der Waals surface area (Å²) in [7, 11) is 0. The number of nitrogens with two attached hydrogens (primary N) is 1. The summed E-state index contributed by atoms with van der Waals surface area (Å²) >= 11 is 6.36. The molecule has 12 heavy (non-hydrogen) atoms. The monoisotopic (exact) mass is 201 g/mol. The van der Waals surface area contributed by atoms with E-state index in [4.69, 9.17) is 18.0 Å². The van der Waals surface area contributed by atoms with Crippen LogP contribution >= 0.6 is 23.6 Å². The highest BCUT2D eigenvalue weighted by Crippen LogP contribution is 2.17. The lowest BCUT2D eigenvalue weighted by Gasteiger charge is -2.13. The van der Waals surface area contributed by atoms with Gasteiger partial charge in [-0.15, -0.1) is 11.3 Å². The van der Waals surface area contributed by atoms with E-state index >= 15 is 0 Å². The Bertz CT molecular complexity index is 245. The standard InChI is InChI=1S/C7H11N3S2/c1-2-5(10-7(8)11)6-9-3-4-12-6/h3-5H,2H2,1H3,(H3,8,10,11). The molecule has 66 valence electrons. The maximum atomic E-state index is 5.37. The van der Waals surface area contributed by atoms with E-state index in [1.807, 2.05) is 5.38 Å². The molecular weight excluding hydrogens is 190 g/mol. The second-order valence-electron chi connectivity index (χ2n) is 2.34. The number of nitrogens with zero attached hydrogens (tertiary/aromatic N) is 1. The molecule has 0 fully saturated rings. The number of nitrogens with one attached hydrogen (secondary N) is 1. The van der Waals surface area contributed by atoms with Crippen molar-refractivity contribution in [1.29, 1.82) is 0 Å². The smallest absolute Gasteiger partial charge is 0.164 e. The summed E-state index contributed by atoms with van der Waals surface area (Å²) in [5.41, 5.74) is 5.37. The lowest BCUT2D eigenvalue weighted by atomic mass is 10.2. The SMILES string of the molecule is CCC(NC(N)=S)c1nccs1. The fourth-order valence-corrected chi connectivity index (χ4v) is 1.83. The van der Waals surface area contributed by atoms with Gasteiger partial charge in [-0.25, -0.2) is 4.98 Å². The number of aromatic nitrogens is 1. The van der Waals surface area contributed by atoms with Crippen LogP contribution in [0.3, 0.4) is 0 Å². The molecule has 1 rings (SSSR count). The van der Waals surface area contributed by atoms with E-state index in [0.717, 1.165) is 11.4 Å². The van der Waals surface area contributed by atoms with Gasteiger partial charge in [0.2, 0.25) is 0 Å². The topological polar surface area (TPSA) is 50.9 Å². The van der Waals surface area contributed by atoms with E-state index in [9.17, 15) is 0 Å². The van der Waals surface area contributed by atoms with Crippen LogP contribution in [0.15, 0.2) is 11.6 Å². The Hall–Kier alpha value is -0.680. The molecular formula is C7H11N3S2. The molecule has 1 heterocycles. The molecule has 0 radical (unpaired) electrons. The Morgan fingerprint density at radius 2 is 2.67 bits per heavy atom. The van der Waals surface area contributed by atoms with Crippen molar-refractivity contribution in [2.45, 2.75) is 19.4 Å². The van der Waals surface area contributed by atoms with Crippen LogP contribution in [0.2, 0.25) is 0 Å². The molecule has 0 saturated heterocycles. The second-order valence-corrected chi connectivity index (χ2v) is 3.71. The highest BCUT2D eigenvalue weighted by atomic mass is 32.1. The molecule has 0 saturated carbocycles. The first-order valence-corrected chi connectivity index (χ1v) is 4.98. The normalized spacial score (nSPS) is 12.4. The van der Waals surface area contributed by atoms with Gasteiger partial charge in [-0.2, -0.15) is 0 Å². The Morgan fingerprint density at radius 1 is 1.92 bits per heavy atom. The molecule has 0 aromatic carbocycles. The lowest BCUT2D eigenvalue weighted by Crippen LogP contribution is -2.32. The summed E-state index contributed by atoms with van der Waals surface area (Å²) in [6.07, 6.45) is 2.72. The van der Waals surface area contributed by atoms with Crippen molar-refractivity contribution < 1.29 is 0 Å². The van der Waals surface area contributed by atoms with Crippen LogP contribution < -0.4 is 11.1 Å². The van der Waals surface area contributed by atoms with Gasteiger partial charge in [0, 0.05) is 11.6 Å². The van der Waals surface area contributed by atoms with Crippen molar-refractivity contribution in [3.8, 4) is 0 Å². The molecule has 5 heteroatoms. The maximum Gasteiger partial charge on any atom is 0.164 e. The molecule has 0 aliphatic rings. The van der Waals surface area contributed by atoms with E-state index in [-0.39, 0.29) is 6.04 Å². The van der Waals surface area contributed by atoms with Gasteiger partial charge in [0.1, 0.15) is 5.01 Å². The predicted molar refractivity (Wildman–Crippen MR) is 55.1 cm³/mol. The van der Waals surface area contributed by atoms with Crippen LogP contribution in [0, 0.1) is 0 Å². The lowest BCUT2D eigenvalue weighted by molar-refractivity contribution is 0.623. The molecule has 0 aliphatic heterocycles. The van der Waals surface area contributed by atoms with E-state index in [1.165, 1.54) is 0 Å². The summed E-state index contributed by atoms with van der Waals surface area (Å²) in [4.78, 5) is 4.18. The summed E-state index contributed by atoms with van der Waals surface area (Å²) in [6.45, 7) is 2.07. The van der Waals surface area contributed by atoms with E-state index in [2.05, 4.69) is 17.2 Å². The van der Waals surface area contributed by atoms with Gasteiger partial charge in [-0.1, -0.05) is 6.92 Å². The van der Waals surface area contributed by atoms with Gasteiger partial charge < -0.3 is 11.1 Å². The average molecular weight is 201 g/mol. The van der Waals surface area contributed by atoms with Crippen LogP contribution in [0.5, 0.6) is 0 Å². The van der Waals surface area contributed by atoms with Crippen LogP contribution in [0.1, 0.15) is 24.4 Å². The zero-order valence-corrected chi connectivity index (χ0v) is 8.41. The van der Waals surface area contributed by atoms with Crippen LogP contribution in [0.25, 0.3) is 0 Å². The Morgan fingerprint density at radius 3 is 3.08 bits per heavy atom. The van der Waals surface area contributed by atoms with Crippen molar-refractivity contribution in [3.63, 3.8) is 0 Å². The van der Waals surface area contributed by atoms with Gasteiger partial charge in [0.25, 0.3) is 0 Å². The molecule has 0 bridgehead atoms. The zero-order chi connectivity index (χ0) is 8.97. The molecule has 1 aromatic rings. The molecule has 0 spiro atoms. The highest BCUT2D eigenvalue weighted by Gasteiger charge is 2.10. The largest absolute Gasteiger partial charge is 0.376 e. The second kappa shape index (κ2) is 4.37. The molecule has 1 atom stereocenters. The van der Waals surface area contributed by atoms with E-state index in [1.54, 1.807) is 17.5 Å². The first-order valence-electron chi connectivity index (χ1n) is 3.69. The van der Waals surface area contributed by atoms with Gasteiger partial charge >= 0.3 is 0 Å². The molecule has 0 aliphatic carbocycles. The first kappa shape index (κ1) is 9.41. The van der Waals surface area contributed by atoms with Crippen molar-refractivity contribution in [2.24, 2.45) is 5.73 Å². The third-order valence-electron chi connectivity index (χ3n) is 1.47. The number of hydrogen-bond acceptors (Lipinski definition) is 3. The number of thiocarbonyl (C=S) groups is 1. The summed E-state index contributed by atoms with van der Waals surface area (Å²) in [6, 6.07) is 0.169. The van der Waals surface area contributed by atoms with Gasteiger partial charge in [0.15, 0.2) is 5.11 Å². The minimum Gasteiger partial charge on any atom is -0.376 e. The Balaban J connectivity index is 2.63. The van der Waals surface area contributed by atoms with Crippen molar-refractivity contribution >= 4 is 28.7 Å². The Labute approximate surface area is 81.0 Å². The first-order chi connectivity index (χ1) is 5.74.